The Morgan fingerprint density at radius 3 is 2.38 bits per heavy atom. The van der Waals surface area contributed by atoms with E-state index in [9.17, 15) is 4.79 Å². The van der Waals surface area contributed by atoms with Gasteiger partial charge in [-0.3, -0.25) is 9.88 Å². The van der Waals surface area contributed by atoms with E-state index in [4.69, 9.17) is 14.2 Å². The van der Waals surface area contributed by atoms with E-state index in [-0.39, 0.29) is 12.1 Å². The third-order valence-electron chi connectivity index (χ3n) is 7.03. The topological polar surface area (TPSA) is 85.0 Å². The maximum Gasteiger partial charge on any atom is 0.319 e. The molecule has 5 rings (SSSR count). The van der Waals surface area contributed by atoms with Crippen LogP contribution in [0.25, 0.3) is 10.9 Å². The minimum atomic E-state index is -0.189. The fourth-order valence-electron chi connectivity index (χ4n) is 4.93. The Bertz CT molecular complexity index is 1440. The Labute approximate surface area is 228 Å². The maximum absolute atomic E-state index is 12.7. The molecule has 2 heterocycles. The smallest absolute Gasteiger partial charge is 0.319 e. The predicted octanol–water partition coefficient (Wildman–Crippen LogP) is 6.14. The van der Waals surface area contributed by atoms with Gasteiger partial charge in [0.25, 0.3) is 0 Å². The first-order chi connectivity index (χ1) is 19.0. The monoisotopic (exact) mass is 526 g/mol. The zero-order chi connectivity index (χ0) is 27.2. The summed E-state index contributed by atoms with van der Waals surface area (Å²) in [4.78, 5) is 19.6. The molecular weight excluding hydrogens is 492 g/mol. The van der Waals surface area contributed by atoms with Crippen molar-refractivity contribution in [2.24, 2.45) is 0 Å². The molecule has 0 spiro atoms. The molecule has 8 nitrogen and oxygen atoms in total. The van der Waals surface area contributed by atoms with E-state index in [1.165, 1.54) is 5.56 Å². The van der Waals surface area contributed by atoms with Crippen LogP contribution in [0.15, 0.2) is 72.9 Å². The lowest BCUT2D eigenvalue weighted by Crippen LogP contribution is -2.45. The summed E-state index contributed by atoms with van der Waals surface area (Å²) in [6, 6.07) is 21.6. The second-order valence-corrected chi connectivity index (χ2v) is 9.75. The fourth-order valence-corrected chi connectivity index (χ4v) is 4.93. The lowest BCUT2D eigenvalue weighted by Gasteiger charge is -2.32. The standard InChI is InChI=1S/C31H34N4O4/c1-21-17-24(34-31(36)33-23-12-15-35(16-13-23)20-22-7-5-4-6-8-22)9-10-27(21)39-28-11-14-32-26-19-30(38-3)29(37-2)18-25(26)28/h4-11,14,17-19,23H,12-13,15-16,20H2,1-3H3,(H2,33,34,36). The molecule has 1 aliphatic heterocycles. The number of anilines is 1. The number of fused-ring (bicyclic) bond motifs is 1. The highest BCUT2D eigenvalue weighted by atomic mass is 16.5. The van der Waals surface area contributed by atoms with E-state index in [2.05, 4.69) is 44.8 Å². The third-order valence-corrected chi connectivity index (χ3v) is 7.03. The Morgan fingerprint density at radius 2 is 1.67 bits per heavy atom. The van der Waals surface area contributed by atoms with Gasteiger partial charge in [-0.1, -0.05) is 30.3 Å². The van der Waals surface area contributed by atoms with Crippen LogP contribution in [-0.4, -0.2) is 49.3 Å². The summed E-state index contributed by atoms with van der Waals surface area (Å²) in [5, 5.41) is 6.91. The van der Waals surface area contributed by atoms with Gasteiger partial charge in [-0.05, 0) is 61.2 Å². The molecule has 202 valence electrons. The number of carbonyl (C=O) groups is 1. The van der Waals surface area contributed by atoms with Gasteiger partial charge in [0.2, 0.25) is 0 Å². The SMILES string of the molecule is COc1cc2nccc(Oc3ccc(NC(=O)NC4CCN(Cc5ccccc5)CC4)cc3C)c2cc1OC. The van der Waals surface area contributed by atoms with Crippen molar-refractivity contribution in [1.29, 1.82) is 0 Å². The van der Waals surface area contributed by atoms with Crippen molar-refractivity contribution < 1.29 is 19.0 Å². The molecule has 0 unspecified atom stereocenters. The van der Waals surface area contributed by atoms with Crippen LogP contribution in [0.3, 0.4) is 0 Å². The Balaban J connectivity index is 1.18. The van der Waals surface area contributed by atoms with E-state index in [0.29, 0.717) is 28.7 Å². The molecule has 2 N–H and O–H groups in total. The van der Waals surface area contributed by atoms with E-state index < -0.39 is 0 Å². The largest absolute Gasteiger partial charge is 0.493 e. The quantitative estimate of drug-likeness (QED) is 0.287. The average Bonchev–Trinajstić information content (AvgIpc) is 2.95. The van der Waals surface area contributed by atoms with Gasteiger partial charge in [-0.15, -0.1) is 0 Å². The average molecular weight is 527 g/mol. The number of urea groups is 1. The highest BCUT2D eigenvalue weighted by Crippen LogP contribution is 2.37. The Kier molecular flexibility index (Phi) is 8.13. The summed E-state index contributed by atoms with van der Waals surface area (Å²) >= 11 is 0. The second-order valence-electron chi connectivity index (χ2n) is 9.75. The Morgan fingerprint density at radius 1 is 0.923 bits per heavy atom. The summed E-state index contributed by atoms with van der Waals surface area (Å²) in [7, 11) is 3.20. The molecule has 4 aromatic rings. The maximum atomic E-state index is 12.7. The molecule has 0 aliphatic carbocycles. The molecule has 1 aromatic heterocycles. The van der Waals surface area contributed by atoms with Crippen molar-refractivity contribution in [3.8, 4) is 23.0 Å². The van der Waals surface area contributed by atoms with Crippen molar-refractivity contribution in [3.63, 3.8) is 0 Å². The third kappa shape index (κ3) is 6.41. The second kappa shape index (κ2) is 12.0. The number of nitrogens with one attached hydrogen (secondary N) is 2. The number of piperidine rings is 1. The number of hydrogen-bond donors (Lipinski definition) is 2. The molecule has 39 heavy (non-hydrogen) atoms. The highest BCUT2D eigenvalue weighted by molar-refractivity contribution is 5.90. The summed E-state index contributed by atoms with van der Waals surface area (Å²) < 4.78 is 17.1. The summed E-state index contributed by atoms with van der Waals surface area (Å²) in [5.74, 6) is 2.56. The number of carbonyl (C=O) groups excluding carboxylic acids is 1. The van der Waals surface area contributed by atoms with Crippen LogP contribution < -0.4 is 24.8 Å². The van der Waals surface area contributed by atoms with Gasteiger partial charge in [0.1, 0.15) is 11.5 Å². The van der Waals surface area contributed by atoms with Crippen LogP contribution in [0.1, 0.15) is 24.0 Å². The van der Waals surface area contributed by atoms with Gasteiger partial charge in [-0.25, -0.2) is 4.79 Å². The number of pyridine rings is 1. The minimum Gasteiger partial charge on any atom is -0.493 e. The van der Waals surface area contributed by atoms with Crippen molar-refractivity contribution in [2.75, 3.05) is 32.6 Å². The lowest BCUT2D eigenvalue weighted by molar-refractivity contribution is 0.190. The number of rotatable bonds is 8. The molecular formula is C31H34N4O4. The molecule has 8 heteroatoms. The number of amides is 2. The summed E-state index contributed by atoms with van der Waals surface area (Å²) in [6.45, 7) is 4.83. The van der Waals surface area contributed by atoms with Crippen LogP contribution in [0.5, 0.6) is 23.0 Å². The molecule has 2 amide bonds. The molecule has 1 aliphatic rings. The van der Waals surface area contributed by atoms with Crippen molar-refractivity contribution in [3.05, 3.63) is 84.1 Å². The highest BCUT2D eigenvalue weighted by Gasteiger charge is 2.21. The van der Waals surface area contributed by atoms with E-state index in [1.807, 2.05) is 49.4 Å². The van der Waals surface area contributed by atoms with Gasteiger partial charge in [0.05, 0.1) is 19.7 Å². The van der Waals surface area contributed by atoms with Gasteiger partial charge < -0.3 is 24.8 Å². The van der Waals surface area contributed by atoms with Crippen LogP contribution in [0.2, 0.25) is 0 Å². The van der Waals surface area contributed by atoms with Gasteiger partial charge in [0.15, 0.2) is 11.5 Å². The number of methoxy groups -OCH3 is 2. The molecule has 0 saturated carbocycles. The van der Waals surface area contributed by atoms with Crippen LogP contribution in [0.4, 0.5) is 10.5 Å². The van der Waals surface area contributed by atoms with Crippen molar-refractivity contribution in [2.45, 2.75) is 32.4 Å². The van der Waals surface area contributed by atoms with Crippen LogP contribution in [0, 0.1) is 6.92 Å². The first-order valence-corrected chi connectivity index (χ1v) is 13.2. The normalized spacial score (nSPS) is 14.1. The number of ether oxygens (including phenoxy) is 3. The first-order valence-electron chi connectivity index (χ1n) is 13.2. The number of aromatic nitrogens is 1. The van der Waals surface area contributed by atoms with Gasteiger partial charge in [-0.2, -0.15) is 0 Å². The molecule has 0 bridgehead atoms. The number of hydrogen-bond acceptors (Lipinski definition) is 6. The molecule has 1 saturated heterocycles. The zero-order valence-electron chi connectivity index (χ0n) is 22.6. The van der Waals surface area contributed by atoms with Crippen LogP contribution >= 0.6 is 0 Å². The number of benzene rings is 3. The van der Waals surface area contributed by atoms with E-state index in [1.54, 1.807) is 20.4 Å². The number of nitrogens with zero attached hydrogens (tertiary/aromatic N) is 2. The van der Waals surface area contributed by atoms with Gasteiger partial charge in [0, 0.05) is 49.0 Å². The number of aryl methyl sites for hydroxylation is 1. The predicted molar refractivity (Wildman–Crippen MR) is 153 cm³/mol. The number of likely N-dealkylation sites (tertiary alicyclic amines) is 1. The first kappa shape index (κ1) is 26.3. The van der Waals surface area contributed by atoms with Crippen molar-refractivity contribution in [1.82, 2.24) is 15.2 Å². The lowest BCUT2D eigenvalue weighted by atomic mass is 10.0. The van der Waals surface area contributed by atoms with Crippen LogP contribution in [-0.2, 0) is 6.54 Å². The molecule has 1 fully saturated rings. The fraction of sp³-hybridized carbons (Fsp3) is 0.290. The molecule has 0 atom stereocenters. The summed E-state index contributed by atoms with van der Waals surface area (Å²) in [5.41, 5.74) is 3.67. The van der Waals surface area contributed by atoms with Crippen molar-refractivity contribution >= 4 is 22.6 Å². The molecule has 0 radical (unpaired) electrons. The van der Waals surface area contributed by atoms with E-state index in [0.717, 1.165) is 48.9 Å². The molecule has 3 aromatic carbocycles. The minimum absolute atomic E-state index is 0.163. The summed E-state index contributed by atoms with van der Waals surface area (Å²) in [6.07, 6.45) is 3.57. The zero-order valence-corrected chi connectivity index (χ0v) is 22.6. The Hall–Kier alpha value is -4.30. The van der Waals surface area contributed by atoms with Gasteiger partial charge >= 0.3 is 6.03 Å². The van der Waals surface area contributed by atoms with E-state index >= 15 is 0 Å².